The van der Waals surface area contributed by atoms with E-state index in [0.717, 1.165) is 31.3 Å². The van der Waals surface area contributed by atoms with E-state index in [1.807, 2.05) is 13.1 Å². The number of rotatable bonds is 8. The van der Waals surface area contributed by atoms with E-state index in [4.69, 9.17) is 0 Å². The summed E-state index contributed by atoms with van der Waals surface area (Å²) in [6.07, 6.45) is 4.06. The van der Waals surface area contributed by atoms with Crippen LogP contribution in [0.4, 0.5) is 0 Å². The number of hydrogen-bond donors (Lipinski definition) is 4. The molecule has 0 fully saturated rings. The molecular formula is C17H28IN5O2S. The van der Waals surface area contributed by atoms with Crippen LogP contribution in [0.15, 0.2) is 29.4 Å². The Hall–Kier alpha value is -1.33. The van der Waals surface area contributed by atoms with Crippen LogP contribution in [0.3, 0.4) is 0 Å². The monoisotopic (exact) mass is 493 g/mol. The van der Waals surface area contributed by atoms with E-state index in [1.54, 1.807) is 0 Å². The summed E-state index contributed by atoms with van der Waals surface area (Å²) in [4.78, 5) is 7.68. The number of hydrogen-bond acceptors (Lipinski definition) is 3. The highest BCUT2D eigenvalue weighted by Crippen LogP contribution is 2.19. The van der Waals surface area contributed by atoms with Crippen LogP contribution < -0.4 is 15.4 Å². The number of fused-ring (bicyclic) bond motifs is 1. The van der Waals surface area contributed by atoms with Crippen LogP contribution in [0, 0.1) is 6.92 Å². The van der Waals surface area contributed by atoms with Gasteiger partial charge in [-0.25, -0.2) is 13.1 Å². The molecule has 2 aromatic rings. The van der Waals surface area contributed by atoms with Gasteiger partial charge < -0.3 is 15.6 Å². The summed E-state index contributed by atoms with van der Waals surface area (Å²) < 4.78 is 24.5. The number of halogens is 1. The van der Waals surface area contributed by atoms with Crippen molar-refractivity contribution in [2.45, 2.75) is 20.3 Å². The molecule has 1 heterocycles. The lowest BCUT2D eigenvalue weighted by Crippen LogP contribution is -2.39. The zero-order chi connectivity index (χ0) is 18.3. The standard InChI is InChI=1S/C17H27N5O2S.HI/c1-4-18-17(20-9-10-22-25(3,23)24)19-8-7-14-12-21-16-11-13(2)5-6-15(14)16;/h5-6,11-12,21-22H,4,7-10H2,1-3H3,(H2,18,19,20);1H. The Labute approximate surface area is 172 Å². The molecule has 0 aliphatic rings. The lowest BCUT2D eigenvalue weighted by Gasteiger charge is -2.11. The minimum atomic E-state index is -3.17. The largest absolute Gasteiger partial charge is 0.361 e. The highest BCUT2D eigenvalue weighted by atomic mass is 127. The average molecular weight is 493 g/mol. The summed E-state index contributed by atoms with van der Waals surface area (Å²) in [5, 5.41) is 7.68. The summed E-state index contributed by atoms with van der Waals surface area (Å²) in [5.41, 5.74) is 3.66. The van der Waals surface area contributed by atoms with E-state index in [1.165, 1.54) is 16.5 Å². The predicted molar refractivity (Wildman–Crippen MR) is 119 cm³/mol. The minimum absolute atomic E-state index is 0. The molecule has 0 unspecified atom stereocenters. The Bertz CT molecular complexity index is 833. The van der Waals surface area contributed by atoms with Crippen LogP contribution in [-0.4, -0.2) is 51.8 Å². The molecule has 0 saturated carbocycles. The van der Waals surface area contributed by atoms with Gasteiger partial charge in [-0.05, 0) is 37.5 Å². The molecular weight excluding hydrogens is 465 g/mol. The number of aromatic nitrogens is 1. The Kier molecular flexibility index (Phi) is 9.37. The van der Waals surface area contributed by atoms with Gasteiger partial charge in [0, 0.05) is 36.7 Å². The maximum Gasteiger partial charge on any atom is 0.208 e. The number of aryl methyl sites for hydroxylation is 1. The van der Waals surface area contributed by atoms with Gasteiger partial charge in [0.15, 0.2) is 5.96 Å². The van der Waals surface area contributed by atoms with Crippen LogP contribution in [0.2, 0.25) is 0 Å². The average Bonchev–Trinajstić information content (AvgIpc) is 2.92. The molecule has 1 aromatic heterocycles. The summed E-state index contributed by atoms with van der Waals surface area (Å²) in [5.74, 6) is 0.688. The molecule has 0 spiro atoms. The van der Waals surface area contributed by atoms with Gasteiger partial charge in [0.25, 0.3) is 0 Å². The van der Waals surface area contributed by atoms with Crippen LogP contribution in [0.1, 0.15) is 18.1 Å². The first-order chi connectivity index (χ1) is 11.9. The molecule has 0 saturated heterocycles. The number of nitrogens with one attached hydrogen (secondary N) is 4. The van der Waals surface area contributed by atoms with E-state index < -0.39 is 10.0 Å². The van der Waals surface area contributed by atoms with Crippen molar-refractivity contribution < 1.29 is 8.42 Å². The fourth-order valence-corrected chi connectivity index (χ4v) is 3.03. The van der Waals surface area contributed by atoms with Crippen molar-refractivity contribution in [3.05, 3.63) is 35.5 Å². The first-order valence-corrected chi connectivity index (χ1v) is 10.3. The lowest BCUT2D eigenvalue weighted by molar-refractivity contribution is 0.588. The number of sulfonamides is 1. The zero-order valence-corrected chi connectivity index (χ0v) is 18.6. The molecule has 0 bridgehead atoms. The second-order valence-electron chi connectivity index (χ2n) is 5.97. The van der Waals surface area contributed by atoms with Crippen LogP contribution >= 0.6 is 24.0 Å². The fraction of sp³-hybridized carbons (Fsp3) is 0.471. The van der Waals surface area contributed by atoms with Crippen molar-refractivity contribution in [2.24, 2.45) is 4.99 Å². The molecule has 0 amide bonds. The number of nitrogens with zero attached hydrogens (tertiary/aromatic N) is 1. The van der Waals surface area contributed by atoms with Crippen molar-refractivity contribution in [3.63, 3.8) is 0 Å². The van der Waals surface area contributed by atoms with Gasteiger partial charge in [0.1, 0.15) is 0 Å². The summed E-state index contributed by atoms with van der Waals surface area (Å²) in [7, 11) is -3.17. The van der Waals surface area contributed by atoms with Gasteiger partial charge in [-0.3, -0.25) is 4.99 Å². The summed E-state index contributed by atoms with van der Waals surface area (Å²) in [6, 6.07) is 6.41. The second kappa shape index (κ2) is 10.7. The Morgan fingerprint density at radius 1 is 1.23 bits per heavy atom. The lowest BCUT2D eigenvalue weighted by atomic mass is 10.1. The van der Waals surface area contributed by atoms with Gasteiger partial charge in [-0.1, -0.05) is 12.1 Å². The molecule has 1 aromatic carbocycles. The van der Waals surface area contributed by atoms with Crippen LogP contribution in [0.5, 0.6) is 0 Å². The molecule has 0 radical (unpaired) electrons. The van der Waals surface area contributed by atoms with Gasteiger partial charge in [-0.15, -0.1) is 24.0 Å². The molecule has 2 rings (SSSR count). The second-order valence-corrected chi connectivity index (χ2v) is 7.80. The number of H-pyrrole nitrogens is 1. The number of aromatic amines is 1. The van der Waals surface area contributed by atoms with Crippen molar-refractivity contribution in [2.75, 3.05) is 32.4 Å². The molecule has 146 valence electrons. The highest BCUT2D eigenvalue weighted by Gasteiger charge is 2.04. The first kappa shape index (κ1) is 22.7. The Morgan fingerprint density at radius 2 is 2.00 bits per heavy atom. The van der Waals surface area contributed by atoms with Gasteiger partial charge in [0.2, 0.25) is 10.0 Å². The van der Waals surface area contributed by atoms with Gasteiger partial charge >= 0.3 is 0 Å². The molecule has 7 nitrogen and oxygen atoms in total. The third kappa shape index (κ3) is 7.50. The molecule has 0 aliphatic heterocycles. The minimum Gasteiger partial charge on any atom is -0.361 e. The van der Waals surface area contributed by atoms with E-state index in [2.05, 4.69) is 50.5 Å². The van der Waals surface area contributed by atoms with Crippen molar-refractivity contribution in [1.29, 1.82) is 0 Å². The number of guanidine groups is 1. The first-order valence-electron chi connectivity index (χ1n) is 8.42. The van der Waals surface area contributed by atoms with Crippen molar-refractivity contribution in [3.8, 4) is 0 Å². The van der Waals surface area contributed by atoms with E-state index in [0.29, 0.717) is 12.5 Å². The topological polar surface area (TPSA) is 98.4 Å². The fourth-order valence-electron chi connectivity index (χ4n) is 2.56. The molecule has 9 heteroatoms. The number of aliphatic imine (C=N–C) groups is 1. The van der Waals surface area contributed by atoms with E-state index >= 15 is 0 Å². The van der Waals surface area contributed by atoms with Gasteiger partial charge in [0.05, 0.1) is 12.8 Å². The van der Waals surface area contributed by atoms with Crippen molar-refractivity contribution >= 4 is 50.9 Å². The molecule has 4 N–H and O–H groups in total. The van der Waals surface area contributed by atoms with E-state index in [9.17, 15) is 8.42 Å². The molecule has 0 atom stereocenters. The summed E-state index contributed by atoms with van der Waals surface area (Å²) in [6.45, 7) is 6.24. The number of benzene rings is 1. The third-order valence-electron chi connectivity index (χ3n) is 3.70. The highest BCUT2D eigenvalue weighted by molar-refractivity contribution is 14.0. The molecule has 26 heavy (non-hydrogen) atoms. The predicted octanol–water partition coefficient (Wildman–Crippen LogP) is 1.74. The van der Waals surface area contributed by atoms with E-state index in [-0.39, 0.29) is 30.5 Å². The van der Waals surface area contributed by atoms with Crippen LogP contribution in [-0.2, 0) is 16.4 Å². The normalized spacial score (nSPS) is 12.0. The maximum atomic E-state index is 11.0. The zero-order valence-electron chi connectivity index (χ0n) is 15.4. The van der Waals surface area contributed by atoms with Crippen molar-refractivity contribution in [1.82, 2.24) is 20.3 Å². The smallest absolute Gasteiger partial charge is 0.208 e. The Morgan fingerprint density at radius 3 is 2.69 bits per heavy atom. The Balaban J connectivity index is 0.00000338. The quantitative estimate of drug-likeness (QED) is 0.195. The van der Waals surface area contributed by atoms with Crippen LogP contribution in [0.25, 0.3) is 10.9 Å². The SMILES string of the molecule is CCNC(=NCCNS(C)(=O)=O)NCCc1c[nH]c2cc(C)ccc12.I. The molecule has 0 aliphatic carbocycles. The summed E-state index contributed by atoms with van der Waals surface area (Å²) >= 11 is 0. The third-order valence-corrected chi connectivity index (χ3v) is 4.43. The maximum absolute atomic E-state index is 11.0. The van der Waals surface area contributed by atoms with Gasteiger partial charge in [-0.2, -0.15) is 0 Å².